The molecule has 0 bridgehead atoms. The molecule has 4 heteroatoms. The van der Waals surface area contributed by atoms with Crippen molar-refractivity contribution in [1.82, 2.24) is 5.32 Å². The minimum atomic E-state index is -0.0613. The van der Waals surface area contributed by atoms with Gasteiger partial charge in [-0.2, -0.15) is 0 Å². The van der Waals surface area contributed by atoms with Crippen LogP contribution in [0, 0.1) is 5.41 Å². The van der Waals surface area contributed by atoms with Crippen molar-refractivity contribution >= 4 is 11.6 Å². The molecule has 3 nitrogen and oxygen atoms in total. The van der Waals surface area contributed by atoms with Gasteiger partial charge in [-0.3, -0.25) is 0 Å². The summed E-state index contributed by atoms with van der Waals surface area (Å²) < 4.78 is 5.18. The molecule has 1 fully saturated rings. The second kappa shape index (κ2) is 6.02. The zero-order valence-corrected chi connectivity index (χ0v) is 11.4. The van der Waals surface area contributed by atoms with Crippen LogP contribution < -0.4 is 5.32 Å². The first-order valence-electron chi connectivity index (χ1n) is 6.30. The molecule has 0 amide bonds. The van der Waals surface area contributed by atoms with Crippen LogP contribution in [-0.4, -0.2) is 37.5 Å². The fourth-order valence-electron chi connectivity index (χ4n) is 2.08. The molecule has 1 unspecified atom stereocenters. The molecule has 0 aliphatic carbocycles. The number of nitrogens with one attached hydrogen (secondary N) is 1. The van der Waals surface area contributed by atoms with Crippen LogP contribution in [-0.2, 0) is 11.2 Å². The molecular weight excluding hydrogens is 250 g/mol. The van der Waals surface area contributed by atoms with Crippen LogP contribution in [0.1, 0.15) is 12.5 Å². The SMILES string of the molecule is CC(Cc1ccc(Cl)cc1)NCC1(CO)COC1. The van der Waals surface area contributed by atoms with E-state index >= 15 is 0 Å². The first kappa shape index (κ1) is 13.8. The van der Waals surface area contributed by atoms with Crippen LogP contribution in [0.4, 0.5) is 0 Å². The highest BCUT2D eigenvalue weighted by atomic mass is 35.5. The number of aliphatic hydroxyl groups is 1. The lowest BCUT2D eigenvalue weighted by molar-refractivity contribution is -0.135. The molecule has 1 aliphatic rings. The topological polar surface area (TPSA) is 41.5 Å². The molecule has 0 aromatic heterocycles. The van der Waals surface area contributed by atoms with Crippen LogP contribution in [0.25, 0.3) is 0 Å². The van der Waals surface area contributed by atoms with E-state index in [0.717, 1.165) is 18.0 Å². The van der Waals surface area contributed by atoms with E-state index < -0.39 is 0 Å². The Morgan fingerprint density at radius 3 is 2.56 bits per heavy atom. The Kier molecular flexibility index (Phi) is 4.62. The molecule has 0 saturated carbocycles. The van der Waals surface area contributed by atoms with Crippen molar-refractivity contribution in [1.29, 1.82) is 0 Å². The highest BCUT2D eigenvalue weighted by Gasteiger charge is 2.37. The van der Waals surface area contributed by atoms with Gasteiger partial charge in [0.2, 0.25) is 0 Å². The predicted octanol–water partition coefficient (Wildman–Crippen LogP) is 1.87. The van der Waals surface area contributed by atoms with E-state index in [1.807, 2.05) is 12.1 Å². The average molecular weight is 270 g/mol. The van der Waals surface area contributed by atoms with Crippen molar-refractivity contribution in [2.24, 2.45) is 5.41 Å². The first-order valence-corrected chi connectivity index (χ1v) is 6.68. The molecule has 0 radical (unpaired) electrons. The molecule has 1 aliphatic heterocycles. The maximum atomic E-state index is 9.34. The monoisotopic (exact) mass is 269 g/mol. The van der Waals surface area contributed by atoms with Crippen molar-refractivity contribution in [3.05, 3.63) is 34.9 Å². The van der Waals surface area contributed by atoms with Gasteiger partial charge in [0, 0.05) is 17.6 Å². The lowest BCUT2D eigenvalue weighted by Crippen LogP contribution is -2.53. The minimum absolute atomic E-state index is 0.0613. The van der Waals surface area contributed by atoms with E-state index in [-0.39, 0.29) is 12.0 Å². The van der Waals surface area contributed by atoms with Crippen molar-refractivity contribution < 1.29 is 9.84 Å². The summed E-state index contributed by atoms with van der Waals surface area (Å²) in [5, 5.41) is 13.6. The Labute approximate surface area is 113 Å². The summed E-state index contributed by atoms with van der Waals surface area (Å²) in [5.41, 5.74) is 1.20. The van der Waals surface area contributed by atoms with E-state index in [4.69, 9.17) is 16.3 Å². The maximum Gasteiger partial charge on any atom is 0.0579 e. The van der Waals surface area contributed by atoms with Gasteiger partial charge in [0.15, 0.2) is 0 Å². The van der Waals surface area contributed by atoms with Gasteiger partial charge in [0.1, 0.15) is 0 Å². The summed E-state index contributed by atoms with van der Waals surface area (Å²) in [5.74, 6) is 0. The standard InChI is InChI=1S/C14H20ClNO2/c1-11(6-12-2-4-13(15)5-3-12)16-7-14(8-17)9-18-10-14/h2-5,11,16-17H,6-10H2,1H3. The lowest BCUT2D eigenvalue weighted by Gasteiger charge is -2.40. The molecule has 1 aromatic rings. The van der Waals surface area contributed by atoms with Crippen molar-refractivity contribution in [2.45, 2.75) is 19.4 Å². The van der Waals surface area contributed by atoms with Gasteiger partial charge in [-0.05, 0) is 31.0 Å². The second-order valence-corrected chi connectivity index (χ2v) is 5.70. The molecule has 1 heterocycles. The zero-order chi connectivity index (χ0) is 13.0. The van der Waals surface area contributed by atoms with Crippen LogP contribution in [0.3, 0.4) is 0 Å². The molecule has 18 heavy (non-hydrogen) atoms. The smallest absolute Gasteiger partial charge is 0.0579 e. The third-order valence-electron chi connectivity index (χ3n) is 3.43. The Morgan fingerprint density at radius 2 is 2.06 bits per heavy atom. The number of halogens is 1. The van der Waals surface area contributed by atoms with Gasteiger partial charge in [0.05, 0.1) is 25.2 Å². The van der Waals surface area contributed by atoms with Gasteiger partial charge in [-0.25, -0.2) is 0 Å². The van der Waals surface area contributed by atoms with Gasteiger partial charge < -0.3 is 15.2 Å². The summed E-state index contributed by atoms with van der Waals surface area (Å²) in [6.07, 6.45) is 0.958. The summed E-state index contributed by atoms with van der Waals surface area (Å²) in [4.78, 5) is 0. The highest BCUT2D eigenvalue weighted by Crippen LogP contribution is 2.25. The Bertz CT molecular complexity index is 370. The van der Waals surface area contributed by atoms with Gasteiger partial charge in [0.25, 0.3) is 0 Å². The van der Waals surface area contributed by atoms with Gasteiger partial charge >= 0.3 is 0 Å². The number of rotatable bonds is 6. The summed E-state index contributed by atoms with van der Waals surface area (Å²) in [6.45, 7) is 4.46. The predicted molar refractivity (Wildman–Crippen MR) is 73.0 cm³/mol. The number of ether oxygens (including phenoxy) is 1. The average Bonchev–Trinajstić information content (AvgIpc) is 2.31. The number of hydrogen-bond acceptors (Lipinski definition) is 3. The summed E-state index contributed by atoms with van der Waals surface area (Å²) in [6, 6.07) is 8.30. The maximum absolute atomic E-state index is 9.34. The quantitative estimate of drug-likeness (QED) is 0.828. The molecule has 1 atom stereocenters. The molecular formula is C14H20ClNO2. The van der Waals surface area contributed by atoms with E-state index in [9.17, 15) is 5.11 Å². The molecule has 1 aromatic carbocycles. The van der Waals surface area contributed by atoms with Gasteiger partial charge in [-0.15, -0.1) is 0 Å². The van der Waals surface area contributed by atoms with E-state index in [1.54, 1.807) is 0 Å². The Balaban J connectivity index is 1.78. The fraction of sp³-hybridized carbons (Fsp3) is 0.571. The van der Waals surface area contributed by atoms with Crippen molar-refractivity contribution in [2.75, 3.05) is 26.4 Å². The van der Waals surface area contributed by atoms with E-state index in [0.29, 0.717) is 19.3 Å². The Morgan fingerprint density at radius 1 is 1.39 bits per heavy atom. The highest BCUT2D eigenvalue weighted by molar-refractivity contribution is 6.30. The number of benzene rings is 1. The fourth-order valence-corrected chi connectivity index (χ4v) is 2.20. The van der Waals surface area contributed by atoms with Crippen LogP contribution >= 0.6 is 11.6 Å². The van der Waals surface area contributed by atoms with E-state index in [2.05, 4.69) is 24.4 Å². The third kappa shape index (κ3) is 3.45. The van der Waals surface area contributed by atoms with E-state index in [1.165, 1.54) is 5.56 Å². The van der Waals surface area contributed by atoms with Crippen LogP contribution in [0.15, 0.2) is 24.3 Å². The van der Waals surface area contributed by atoms with Crippen LogP contribution in [0.5, 0.6) is 0 Å². The van der Waals surface area contributed by atoms with Crippen LogP contribution in [0.2, 0.25) is 5.02 Å². The Hall–Kier alpha value is -0.610. The number of aliphatic hydroxyl groups excluding tert-OH is 1. The minimum Gasteiger partial charge on any atom is -0.396 e. The summed E-state index contributed by atoms with van der Waals surface area (Å²) in [7, 11) is 0. The molecule has 2 rings (SSSR count). The largest absolute Gasteiger partial charge is 0.396 e. The molecule has 2 N–H and O–H groups in total. The van der Waals surface area contributed by atoms with Crippen molar-refractivity contribution in [3.63, 3.8) is 0 Å². The van der Waals surface area contributed by atoms with Crippen molar-refractivity contribution in [3.8, 4) is 0 Å². The second-order valence-electron chi connectivity index (χ2n) is 5.26. The normalized spacial score (nSPS) is 19.3. The van der Waals surface area contributed by atoms with Gasteiger partial charge in [-0.1, -0.05) is 23.7 Å². The third-order valence-corrected chi connectivity index (χ3v) is 3.68. The summed E-state index contributed by atoms with van der Waals surface area (Å²) >= 11 is 5.86. The molecule has 100 valence electrons. The lowest BCUT2D eigenvalue weighted by atomic mass is 9.86. The first-order chi connectivity index (χ1) is 8.63. The number of hydrogen-bond donors (Lipinski definition) is 2. The zero-order valence-electron chi connectivity index (χ0n) is 10.7. The molecule has 1 saturated heterocycles. The molecule has 0 spiro atoms.